The van der Waals surface area contributed by atoms with Crippen LogP contribution >= 0.6 is 11.3 Å². The number of nitrogens with one attached hydrogen (secondary N) is 1. The molecule has 1 heterocycles. The molecule has 0 saturated heterocycles. The Labute approximate surface area is 93.5 Å². The number of anilines is 1. The number of hydrogen-bond donors (Lipinski definition) is 2. The molecule has 1 unspecified atom stereocenters. The van der Waals surface area contributed by atoms with Crippen molar-refractivity contribution in [3.63, 3.8) is 0 Å². The average Bonchev–Trinajstić information content (AvgIpc) is 2.66. The quantitative estimate of drug-likeness (QED) is 0.828. The topological polar surface area (TPSA) is 52.6 Å². The highest BCUT2D eigenvalue weighted by molar-refractivity contribution is 7.08. The monoisotopic (exact) mass is 228 g/mol. The lowest BCUT2D eigenvalue weighted by atomic mass is 10.3. The van der Waals surface area contributed by atoms with Crippen molar-refractivity contribution in [2.24, 2.45) is 0 Å². The zero-order valence-corrected chi connectivity index (χ0v) is 9.75. The molecule has 0 fully saturated rings. The molecule has 2 N–H and O–H groups in total. The van der Waals surface area contributed by atoms with Gasteiger partial charge < -0.3 is 15.3 Å². The third-order valence-electron chi connectivity index (χ3n) is 2.00. The number of nitrogens with zero attached hydrogens (tertiary/aromatic N) is 1. The third-order valence-corrected chi connectivity index (χ3v) is 2.68. The molecule has 2 amide bonds. The second-order valence-corrected chi connectivity index (χ2v) is 4.28. The normalized spacial score (nSPS) is 12.2. The lowest BCUT2D eigenvalue weighted by Gasteiger charge is -2.18. The molecule has 15 heavy (non-hydrogen) atoms. The number of hydrogen-bond acceptors (Lipinski definition) is 3. The van der Waals surface area contributed by atoms with Gasteiger partial charge in [0.2, 0.25) is 0 Å². The lowest BCUT2D eigenvalue weighted by Crippen LogP contribution is -2.33. The van der Waals surface area contributed by atoms with Crippen LogP contribution in [0.1, 0.15) is 13.3 Å². The summed E-state index contributed by atoms with van der Waals surface area (Å²) in [6.45, 7) is 2.26. The largest absolute Gasteiger partial charge is 0.393 e. The Morgan fingerprint density at radius 1 is 1.73 bits per heavy atom. The minimum absolute atomic E-state index is 0.144. The van der Waals surface area contributed by atoms with E-state index in [-0.39, 0.29) is 12.1 Å². The maximum Gasteiger partial charge on any atom is 0.321 e. The van der Waals surface area contributed by atoms with Gasteiger partial charge in [0, 0.05) is 19.0 Å². The standard InChI is InChI=1S/C10H16N2O2S/c1-8(13)3-5-12(2)10(14)11-9-4-6-15-7-9/h4,6-8,13H,3,5H2,1-2H3,(H,11,14). The van der Waals surface area contributed by atoms with Gasteiger partial charge in [0.05, 0.1) is 11.8 Å². The molecule has 0 bridgehead atoms. The summed E-state index contributed by atoms with van der Waals surface area (Å²) in [5.74, 6) is 0. The van der Waals surface area contributed by atoms with Gasteiger partial charge in [-0.2, -0.15) is 11.3 Å². The Hall–Kier alpha value is -1.07. The SMILES string of the molecule is CC(O)CCN(C)C(=O)Nc1ccsc1. The van der Waals surface area contributed by atoms with Crippen molar-refractivity contribution in [2.75, 3.05) is 18.9 Å². The summed E-state index contributed by atoms with van der Waals surface area (Å²) in [6, 6.07) is 1.71. The molecule has 0 spiro atoms. The van der Waals surface area contributed by atoms with Crippen LogP contribution in [-0.4, -0.2) is 35.7 Å². The van der Waals surface area contributed by atoms with Crippen LogP contribution < -0.4 is 5.32 Å². The van der Waals surface area contributed by atoms with E-state index in [1.165, 1.54) is 11.3 Å². The Morgan fingerprint density at radius 3 is 3.00 bits per heavy atom. The van der Waals surface area contributed by atoms with Crippen molar-refractivity contribution < 1.29 is 9.90 Å². The molecule has 0 aromatic carbocycles. The first-order chi connectivity index (χ1) is 7.09. The van der Waals surface area contributed by atoms with E-state index in [1.54, 1.807) is 18.9 Å². The van der Waals surface area contributed by atoms with E-state index < -0.39 is 0 Å². The number of carbonyl (C=O) groups excluding carboxylic acids is 1. The summed E-state index contributed by atoms with van der Waals surface area (Å²) >= 11 is 1.54. The zero-order valence-electron chi connectivity index (χ0n) is 8.93. The van der Waals surface area contributed by atoms with Crippen molar-refractivity contribution >= 4 is 23.1 Å². The van der Waals surface area contributed by atoms with Crippen molar-refractivity contribution in [1.29, 1.82) is 0 Å². The smallest absolute Gasteiger partial charge is 0.321 e. The van der Waals surface area contributed by atoms with Crippen molar-refractivity contribution in [3.05, 3.63) is 16.8 Å². The second kappa shape index (κ2) is 5.72. The molecule has 1 atom stereocenters. The van der Waals surface area contributed by atoms with Crippen LogP contribution in [0.2, 0.25) is 0 Å². The van der Waals surface area contributed by atoms with Gasteiger partial charge in [0.15, 0.2) is 0 Å². The summed E-state index contributed by atoms with van der Waals surface area (Å²) in [5, 5.41) is 15.6. The number of amides is 2. The van der Waals surface area contributed by atoms with E-state index in [4.69, 9.17) is 5.11 Å². The van der Waals surface area contributed by atoms with Crippen LogP contribution in [0.15, 0.2) is 16.8 Å². The molecule has 0 aliphatic heterocycles. The van der Waals surface area contributed by atoms with Crippen molar-refractivity contribution in [3.8, 4) is 0 Å². The fraction of sp³-hybridized carbons (Fsp3) is 0.500. The van der Waals surface area contributed by atoms with E-state index in [2.05, 4.69) is 5.32 Å². The highest BCUT2D eigenvalue weighted by Crippen LogP contribution is 2.12. The first-order valence-electron chi connectivity index (χ1n) is 4.82. The predicted octanol–water partition coefficient (Wildman–Crippen LogP) is 1.98. The molecular formula is C10H16N2O2S. The highest BCUT2D eigenvalue weighted by Gasteiger charge is 2.09. The summed E-state index contributed by atoms with van der Waals surface area (Å²) in [4.78, 5) is 13.1. The van der Waals surface area contributed by atoms with Crippen molar-refractivity contribution in [2.45, 2.75) is 19.4 Å². The first kappa shape index (κ1) is 12.0. The molecule has 0 saturated carbocycles. The fourth-order valence-electron chi connectivity index (χ4n) is 1.04. The number of urea groups is 1. The predicted molar refractivity (Wildman–Crippen MR) is 62.3 cm³/mol. The van der Waals surface area contributed by atoms with Crippen LogP contribution in [0.3, 0.4) is 0 Å². The summed E-state index contributed by atoms with van der Waals surface area (Å²) in [6.07, 6.45) is 0.217. The maximum absolute atomic E-state index is 11.6. The fourth-order valence-corrected chi connectivity index (χ4v) is 1.62. The van der Waals surface area contributed by atoms with Gasteiger partial charge in [-0.3, -0.25) is 0 Å². The number of rotatable bonds is 4. The van der Waals surface area contributed by atoms with Gasteiger partial charge in [-0.1, -0.05) is 0 Å². The molecule has 5 heteroatoms. The minimum atomic E-state index is -0.374. The molecule has 4 nitrogen and oxygen atoms in total. The van der Waals surface area contributed by atoms with Crippen LogP contribution in [0.25, 0.3) is 0 Å². The maximum atomic E-state index is 11.6. The van der Waals surface area contributed by atoms with Gasteiger partial charge in [0.25, 0.3) is 0 Å². The molecule has 1 aromatic rings. The van der Waals surface area contributed by atoms with Crippen LogP contribution in [-0.2, 0) is 0 Å². The van der Waals surface area contributed by atoms with Crippen LogP contribution in [0, 0.1) is 0 Å². The van der Waals surface area contributed by atoms with E-state index in [0.29, 0.717) is 13.0 Å². The summed E-state index contributed by atoms with van der Waals surface area (Å²) in [5.41, 5.74) is 0.814. The first-order valence-corrected chi connectivity index (χ1v) is 5.76. The number of carbonyl (C=O) groups is 1. The number of thiophene rings is 1. The van der Waals surface area contributed by atoms with E-state index in [9.17, 15) is 4.79 Å². The Balaban J connectivity index is 2.33. The van der Waals surface area contributed by atoms with Gasteiger partial charge in [-0.25, -0.2) is 4.79 Å². The molecule has 0 aliphatic rings. The van der Waals surface area contributed by atoms with E-state index in [1.807, 2.05) is 16.8 Å². The lowest BCUT2D eigenvalue weighted by molar-refractivity contribution is 0.167. The molecule has 0 aliphatic carbocycles. The van der Waals surface area contributed by atoms with E-state index >= 15 is 0 Å². The van der Waals surface area contributed by atoms with Gasteiger partial charge in [0.1, 0.15) is 0 Å². The third kappa shape index (κ3) is 4.31. The number of aliphatic hydroxyl groups is 1. The average molecular weight is 228 g/mol. The van der Waals surface area contributed by atoms with Gasteiger partial charge >= 0.3 is 6.03 Å². The van der Waals surface area contributed by atoms with Crippen LogP contribution in [0.4, 0.5) is 10.5 Å². The van der Waals surface area contributed by atoms with Crippen molar-refractivity contribution in [1.82, 2.24) is 4.90 Å². The Bertz CT molecular complexity index is 298. The van der Waals surface area contributed by atoms with Crippen LogP contribution in [0.5, 0.6) is 0 Å². The molecule has 1 rings (SSSR count). The number of aliphatic hydroxyl groups excluding tert-OH is 1. The summed E-state index contributed by atoms with van der Waals surface area (Å²) in [7, 11) is 1.71. The van der Waals surface area contributed by atoms with E-state index in [0.717, 1.165) is 5.69 Å². The Morgan fingerprint density at radius 2 is 2.47 bits per heavy atom. The highest BCUT2D eigenvalue weighted by atomic mass is 32.1. The second-order valence-electron chi connectivity index (χ2n) is 3.50. The van der Waals surface area contributed by atoms with Gasteiger partial charge in [-0.15, -0.1) is 0 Å². The minimum Gasteiger partial charge on any atom is -0.393 e. The summed E-state index contributed by atoms with van der Waals surface area (Å²) < 4.78 is 0. The Kier molecular flexibility index (Phi) is 4.58. The molecular weight excluding hydrogens is 212 g/mol. The molecule has 1 aromatic heterocycles. The molecule has 84 valence electrons. The molecule has 0 radical (unpaired) electrons. The zero-order chi connectivity index (χ0) is 11.3. The van der Waals surface area contributed by atoms with Gasteiger partial charge in [-0.05, 0) is 24.8 Å².